The van der Waals surface area contributed by atoms with Gasteiger partial charge in [0.05, 0.1) is 11.5 Å². The van der Waals surface area contributed by atoms with E-state index in [2.05, 4.69) is 26.3 Å². The Morgan fingerprint density at radius 1 is 1.47 bits per heavy atom. The van der Waals surface area contributed by atoms with Crippen molar-refractivity contribution in [2.45, 2.75) is 13.1 Å². The van der Waals surface area contributed by atoms with Crippen LogP contribution in [0.1, 0.15) is 5.56 Å². The molecule has 1 N–H and O–H groups in total. The monoisotopic (exact) mass is 324 g/mol. The van der Waals surface area contributed by atoms with E-state index in [1.54, 1.807) is 12.3 Å². The molecule has 1 aromatic heterocycles. The van der Waals surface area contributed by atoms with Gasteiger partial charge in [0, 0.05) is 42.1 Å². The molecular weight excluding hydrogens is 312 g/mol. The molecule has 1 heterocycles. The number of non-ortho nitro benzene ring substituents is 1. The molecule has 2 aromatic rings. The van der Waals surface area contributed by atoms with Crippen LogP contribution in [0.4, 0.5) is 5.69 Å². The molecule has 0 bridgehead atoms. The van der Waals surface area contributed by atoms with Crippen LogP contribution in [-0.4, -0.2) is 21.2 Å². The molecular formula is C12H13BrN4O2. The maximum Gasteiger partial charge on any atom is 0.270 e. The van der Waals surface area contributed by atoms with Crippen molar-refractivity contribution in [2.75, 3.05) is 6.54 Å². The van der Waals surface area contributed by atoms with Crippen LogP contribution in [0.15, 0.2) is 41.1 Å². The molecule has 0 fully saturated rings. The molecule has 0 saturated heterocycles. The lowest BCUT2D eigenvalue weighted by atomic mass is 10.2. The summed E-state index contributed by atoms with van der Waals surface area (Å²) < 4.78 is 2.59. The molecule has 6 nitrogen and oxygen atoms in total. The lowest BCUT2D eigenvalue weighted by Gasteiger charge is -2.07. The first kappa shape index (κ1) is 13.7. The third-order valence-electron chi connectivity index (χ3n) is 2.64. The number of aromatic nitrogens is 2. The zero-order valence-corrected chi connectivity index (χ0v) is 11.7. The minimum Gasteiger partial charge on any atom is -0.311 e. The van der Waals surface area contributed by atoms with E-state index in [9.17, 15) is 10.1 Å². The molecule has 19 heavy (non-hydrogen) atoms. The summed E-state index contributed by atoms with van der Waals surface area (Å²) in [6, 6.07) is 6.66. The number of hydrogen-bond donors (Lipinski definition) is 1. The van der Waals surface area contributed by atoms with Crippen molar-refractivity contribution in [1.82, 2.24) is 15.1 Å². The van der Waals surface area contributed by atoms with Gasteiger partial charge in [0.15, 0.2) is 0 Å². The van der Waals surface area contributed by atoms with Crippen LogP contribution >= 0.6 is 15.9 Å². The summed E-state index contributed by atoms with van der Waals surface area (Å²) in [6.07, 6.45) is 3.65. The van der Waals surface area contributed by atoms with E-state index in [0.717, 1.165) is 23.1 Å². The van der Waals surface area contributed by atoms with E-state index in [4.69, 9.17) is 0 Å². The Morgan fingerprint density at radius 3 is 2.95 bits per heavy atom. The fourth-order valence-corrected chi connectivity index (χ4v) is 2.15. The molecule has 0 aliphatic heterocycles. The highest BCUT2D eigenvalue weighted by Crippen LogP contribution is 2.22. The third kappa shape index (κ3) is 3.87. The van der Waals surface area contributed by atoms with Gasteiger partial charge in [0.1, 0.15) is 0 Å². The second kappa shape index (κ2) is 6.44. The smallest absolute Gasteiger partial charge is 0.270 e. The molecule has 0 saturated carbocycles. The number of nitro groups is 1. The molecule has 0 spiro atoms. The summed E-state index contributed by atoms with van der Waals surface area (Å²) in [5.41, 5.74) is 1.08. The van der Waals surface area contributed by atoms with Gasteiger partial charge in [-0.3, -0.25) is 14.8 Å². The third-order valence-corrected chi connectivity index (χ3v) is 3.38. The topological polar surface area (TPSA) is 73.0 Å². The van der Waals surface area contributed by atoms with E-state index in [0.29, 0.717) is 6.54 Å². The van der Waals surface area contributed by atoms with Gasteiger partial charge in [-0.2, -0.15) is 5.10 Å². The SMILES string of the molecule is O=[N+]([O-])c1ccc(CNCCn2cccn2)c(Br)c1. The van der Waals surface area contributed by atoms with Gasteiger partial charge in [-0.15, -0.1) is 0 Å². The fraction of sp³-hybridized carbons (Fsp3) is 0.250. The number of rotatable bonds is 6. The maximum absolute atomic E-state index is 10.6. The number of nitro benzene ring substituents is 1. The molecule has 0 aliphatic carbocycles. The highest BCUT2D eigenvalue weighted by atomic mass is 79.9. The Balaban J connectivity index is 1.84. The molecule has 0 unspecified atom stereocenters. The van der Waals surface area contributed by atoms with Crippen molar-refractivity contribution in [2.24, 2.45) is 0 Å². The predicted molar refractivity (Wildman–Crippen MR) is 74.7 cm³/mol. The van der Waals surface area contributed by atoms with Crippen molar-refractivity contribution in [3.8, 4) is 0 Å². The zero-order chi connectivity index (χ0) is 13.7. The highest BCUT2D eigenvalue weighted by Gasteiger charge is 2.08. The van der Waals surface area contributed by atoms with Gasteiger partial charge in [-0.1, -0.05) is 15.9 Å². The van der Waals surface area contributed by atoms with Crippen LogP contribution in [0.25, 0.3) is 0 Å². The van der Waals surface area contributed by atoms with Crippen LogP contribution < -0.4 is 5.32 Å². The number of hydrogen-bond acceptors (Lipinski definition) is 4. The molecule has 1 aromatic carbocycles. The van der Waals surface area contributed by atoms with E-state index in [1.165, 1.54) is 12.1 Å². The number of halogens is 1. The summed E-state index contributed by atoms with van der Waals surface area (Å²) in [5, 5.41) is 18.0. The first-order valence-electron chi connectivity index (χ1n) is 5.78. The van der Waals surface area contributed by atoms with Gasteiger partial charge >= 0.3 is 0 Å². The van der Waals surface area contributed by atoms with Gasteiger partial charge in [0.25, 0.3) is 5.69 Å². The van der Waals surface area contributed by atoms with Gasteiger partial charge in [-0.05, 0) is 17.7 Å². The van der Waals surface area contributed by atoms with Crippen LogP contribution in [0.3, 0.4) is 0 Å². The summed E-state index contributed by atoms with van der Waals surface area (Å²) in [5.74, 6) is 0. The van der Waals surface area contributed by atoms with Crippen LogP contribution in [-0.2, 0) is 13.1 Å². The van der Waals surface area contributed by atoms with E-state index < -0.39 is 4.92 Å². The van der Waals surface area contributed by atoms with Crippen molar-refractivity contribution in [3.05, 3.63) is 56.8 Å². The van der Waals surface area contributed by atoms with E-state index >= 15 is 0 Å². The standard InChI is InChI=1S/C12H13BrN4O2/c13-12-8-11(17(18)19)3-2-10(12)9-14-5-7-16-6-1-4-15-16/h1-4,6,8,14H,5,7,9H2. The van der Waals surface area contributed by atoms with Crippen molar-refractivity contribution in [1.29, 1.82) is 0 Å². The molecule has 100 valence electrons. The number of nitrogens with one attached hydrogen (secondary N) is 1. The molecule has 0 aliphatic rings. The maximum atomic E-state index is 10.6. The zero-order valence-electron chi connectivity index (χ0n) is 10.1. The summed E-state index contributed by atoms with van der Waals surface area (Å²) in [6.45, 7) is 2.22. The Kier molecular flexibility index (Phi) is 4.64. The lowest BCUT2D eigenvalue weighted by Crippen LogP contribution is -2.19. The Morgan fingerprint density at radius 2 is 2.32 bits per heavy atom. The number of benzene rings is 1. The van der Waals surface area contributed by atoms with Crippen LogP contribution in [0, 0.1) is 10.1 Å². The molecule has 7 heteroatoms. The lowest BCUT2D eigenvalue weighted by molar-refractivity contribution is -0.384. The first-order valence-corrected chi connectivity index (χ1v) is 6.57. The van der Waals surface area contributed by atoms with Crippen molar-refractivity contribution < 1.29 is 4.92 Å². The minimum atomic E-state index is -0.403. The van der Waals surface area contributed by atoms with Crippen molar-refractivity contribution >= 4 is 21.6 Å². The largest absolute Gasteiger partial charge is 0.311 e. The Bertz CT molecular complexity index is 557. The fourth-order valence-electron chi connectivity index (χ4n) is 1.64. The van der Waals surface area contributed by atoms with Gasteiger partial charge in [-0.25, -0.2) is 0 Å². The predicted octanol–water partition coefficient (Wildman–Crippen LogP) is 2.34. The van der Waals surface area contributed by atoms with Crippen LogP contribution in [0.2, 0.25) is 0 Å². The second-order valence-electron chi connectivity index (χ2n) is 3.98. The van der Waals surface area contributed by atoms with E-state index in [1.807, 2.05) is 16.9 Å². The normalized spacial score (nSPS) is 10.6. The van der Waals surface area contributed by atoms with Gasteiger partial charge in [0.2, 0.25) is 0 Å². The van der Waals surface area contributed by atoms with Gasteiger partial charge < -0.3 is 5.32 Å². The molecule has 0 radical (unpaired) electrons. The quantitative estimate of drug-likeness (QED) is 0.503. The average molecular weight is 325 g/mol. The van der Waals surface area contributed by atoms with E-state index in [-0.39, 0.29) is 5.69 Å². The summed E-state index contributed by atoms with van der Waals surface area (Å²) >= 11 is 3.34. The molecule has 0 atom stereocenters. The first-order chi connectivity index (χ1) is 9.16. The Hall–Kier alpha value is -1.73. The minimum absolute atomic E-state index is 0.0900. The van der Waals surface area contributed by atoms with Crippen LogP contribution in [0.5, 0.6) is 0 Å². The average Bonchev–Trinajstić information content (AvgIpc) is 2.89. The van der Waals surface area contributed by atoms with Crippen molar-refractivity contribution in [3.63, 3.8) is 0 Å². The number of nitrogens with zero attached hydrogens (tertiary/aromatic N) is 3. The second-order valence-corrected chi connectivity index (χ2v) is 4.83. The molecule has 2 rings (SSSR count). The highest BCUT2D eigenvalue weighted by molar-refractivity contribution is 9.10. The molecule has 0 amide bonds. The Labute approximate surface area is 118 Å². The summed E-state index contributed by atoms with van der Waals surface area (Å²) in [4.78, 5) is 10.2. The summed E-state index contributed by atoms with van der Waals surface area (Å²) in [7, 11) is 0.